The van der Waals surface area contributed by atoms with Crippen molar-refractivity contribution in [2.45, 2.75) is 44.3 Å². The highest BCUT2D eigenvalue weighted by Gasteiger charge is 2.54. The van der Waals surface area contributed by atoms with Crippen LogP contribution in [0.15, 0.2) is 18.3 Å². The molecule has 2 fully saturated rings. The van der Waals surface area contributed by atoms with E-state index in [0.717, 1.165) is 18.7 Å². The van der Waals surface area contributed by atoms with E-state index < -0.39 is 20.7 Å². The van der Waals surface area contributed by atoms with Gasteiger partial charge in [-0.25, -0.2) is 18.9 Å². The van der Waals surface area contributed by atoms with Gasteiger partial charge in [0.25, 0.3) is 5.91 Å². The zero-order valence-electron chi connectivity index (χ0n) is 17.7. The number of aryl methyl sites for hydroxylation is 1. The number of hydroxylamine groups is 1. The van der Waals surface area contributed by atoms with Crippen LogP contribution in [0.5, 0.6) is 0 Å². The zero-order chi connectivity index (χ0) is 21.8. The van der Waals surface area contributed by atoms with Crippen LogP contribution in [0.25, 0.3) is 0 Å². The van der Waals surface area contributed by atoms with Crippen LogP contribution in [0.1, 0.15) is 38.7 Å². The molecule has 1 aromatic heterocycles. The second-order valence-electron chi connectivity index (χ2n) is 8.40. The summed E-state index contributed by atoms with van der Waals surface area (Å²) in [4.78, 5) is 19.0. The standard InChI is InChI=1S/C20H32N4O5S/c1-16(2)3-4-17-5-6-18(21-15-17)23-9-11-24(12-10-23)30(27,28)20(19(25)22-26)7-13-29-14-8-20/h5-6,15-16,26H,3-4,7-14H2,1-2H3,(H,22,25). The van der Waals surface area contributed by atoms with Crippen LogP contribution in [0.4, 0.5) is 5.82 Å². The third kappa shape index (κ3) is 4.61. The minimum Gasteiger partial charge on any atom is -0.381 e. The van der Waals surface area contributed by atoms with Crippen molar-refractivity contribution in [1.82, 2.24) is 14.8 Å². The van der Waals surface area contributed by atoms with E-state index in [-0.39, 0.29) is 39.1 Å². The second-order valence-corrected chi connectivity index (χ2v) is 10.6. The van der Waals surface area contributed by atoms with Crippen molar-refractivity contribution in [2.24, 2.45) is 5.92 Å². The third-order valence-corrected chi connectivity index (χ3v) is 8.66. The molecule has 1 aromatic rings. The Labute approximate surface area is 178 Å². The number of aromatic nitrogens is 1. The number of carbonyl (C=O) groups excluding carboxylic acids is 1. The van der Waals surface area contributed by atoms with Gasteiger partial charge in [-0.3, -0.25) is 10.0 Å². The summed E-state index contributed by atoms with van der Waals surface area (Å²) in [6, 6.07) is 4.06. The van der Waals surface area contributed by atoms with Crippen molar-refractivity contribution >= 4 is 21.7 Å². The third-order valence-electron chi connectivity index (χ3n) is 6.03. The molecule has 2 aliphatic rings. The molecule has 2 aliphatic heterocycles. The van der Waals surface area contributed by atoms with Crippen molar-refractivity contribution in [3.8, 4) is 0 Å². The number of nitrogens with zero attached hydrogens (tertiary/aromatic N) is 3. The van der Waals surface area contributed by atoms with Crippen molar-refractivity contribution in [3.05, 3.63) is 23.9 Å². The lowest BCUT2D eigenvalue weighted by Gasteiger charge is -2.41. The number of pyridine rings is 1. The molecule has 0 aromatic carbocycles. The Hall–Kier alpha value is -1.75. The number of piperazine rings is 1. The van der Waals surface area contributed by atoms with E-state index in [9.17, 15) is 13.2 Å². The lowest BCUT2D eigenvalue weighted by molar-refractivity contribution is -0.134. The molecule has 0 spiro atoms. The van der Waals surface area contributed by atoms with Crippen molar-refractivity contribution in [3.63, 3.8) is 0 Å². The molecule has 0 unspecified atom stereocenters. The Morgan fingerprint density at radius 1 is 1.23 bits per heavy atom. The minimum atomic E-state index is -3.95. The Morgan fingerprint density at radius 2 is 1.90 bits per heavy atom. The van der Waals surface area contributed by atoms with Gasteiger partial charge in [-0.2, -0.15) is 4.31 Å². The highest BCUT2D eigenvalue weighted by molar-refractivity contribution is 7.91. The van der Waals surface area contributed by atoms with Crippen LogP contribution < -0.4 is 10.4 Å². The summed E-state index contributed by atoms with van der Waals surface area (Å²) in [5.41, 5.74) is 2.76. The maximum Gasteiger partial charge on any atom is 0.266 e. The first-order valence-corrected chi connectivity index (χ1v) is 12.0. The van der Waals surface area contributed by atoms with Crippen molar-refractivity contribution in [2.75, 3.05) is 44.3 Å². The van der Waals surface area contributed by atoms with Crippen LogP contribution in [0.3, 0.4) is 0 Å². The summed E-state index contributed by atoms with van der Waals surface area (Å²) in [5.74, 6) is 0.591. The molecule has 168 valence electrons. The first kappa shape index (κ1) is 22.9. The number of ether oxygens (including phenoxy) is 1. The molecule has 0 atom stereocenters. The summed E-state index contributed by atoms with van der Waals surface area (Å²) >= 11 is 0. The number of anilines is 1. The molecule has 0 aliphatic carbocycles. The molecule has 0 bridgehead atoms. The molecule has 30 heavy (non-hydrogen) atoms. The monoisotopic (exact) mass is 440 g/mol. The fraction of sp³-hybridized carbons (Fsp3) is 0.700. The lowest BCUT2D eigenvalue weighted by Crippen LogP contribution is -2.62. The number of amides is 1. The topological polar surface area (TPSA) is 112 Å². The average Bonchev–Trinajstić information content (AvgIpc) is 2.78. The van der Waals surface area contributed by atoms with E-state index in [1.54, 1.807) is 5.48 Å². The number of nitrogens with one attached hydrogen (secondary N) is 1. The number of rotatable bonds is 7. The minimum absolute atomic E-state index is 0.0291. The zero-order valence-corrected chi connectivity index (χ0v) is 18.5. The SMILES string of the molecule is CC(C)CCc1ccc(N2CCN(S(=O)(=O)C3(C(=O)NO)CCOCC3)CC2)nc1. The molecule has 2 saturated heterocycles. The van der Waals surface area contributed by atoms with Gasteiger partial charge in [0, 0.05) is 58.4 Å². The Balaban J connectivity index is 1.66. The first-order valence-electron chi connectivity index (χ1n) is 10.5. The van der Waals surface area contributed by atoms with Gasteiger partial charge >= 0.3 is 0 Å². The van der Waals surface area contributed by atoms with Crippen LogP contribution in [-0.2, 0) is 26.0 Å². The predicted octanol–water partition coefficient (Wildman–Crippen LogP) is 1.18. The van der Waals surface area contributed by atoms with Gasteiger partial charge in [0.1, 0.15) is 5.82 Å². The fourth-order valence-corrected chi connectivity index (χ4v) is 6.12. The van der Waals surface area contributed by atoms with Gasteiger partial charge in [0.15, 0.2) is 4.75 Å². The summed E-state index contributed by atoms with van der Waals surface area (Å²) < 4.78 is 31.6. The molecule has 1 amide bonds. The van der Waals surface area contributed by atoms with E-state index in [0.29, 0.717) is 19.0 Å². The smallest absolute Gasteiger partial charge is 0.266 e. The van der Waals surface area contributed by atoms with Gasteiger partial charge in [-0.1, -0.05) is 19.9 Å². The Morgan fingerprint density at radius 3 is 2.43 bits per heavy atom. The quantitative estimate of drug-likeness (QED) is 0.484. The fourth-order valence-electron chi connectivity index (χ4n) is 4.02. The average molecular weight is 441 g/mol. The van der Waals surface area contributed by atoms with Gasteiger partial charge in [0.05, 0.1) is 0 Å². The summed E-state index contributed by atoms with van der Waals surface area (Å²) in [5, 5.41) is 9.16. The molecule has 10 heteroatoms. The molecular formula is C20H32N4O5S. The van der Waals surface area contributed by atoms with E-state index in [1.165, 1.54) is 9.87 Å². The molecule has 3 heterocycles. The van der Waals surface area contributed by atoms with Gasteiger partial charge in [-0.05, 0) is 30.4 Å². The maximum atomic E-state index is 13.3. The maximum absolute atomic E-state index is 13.3. The van der Waals surface area contributed by atoms with Gasteiger partial charge in [0.2, 0.25) is 10.0 Å². The largest absolute Gasteiger partial charge is 0.381 e. The summed E-state index contributed by atoms with van der Waals surface area (Å²) in [6.45, 7) is 6.24. The number of hydrogen-bond donors (Lipinski definition) is 2. The molecule has 9 nitrogen and oxygen atoms in total. The Kier molecular flexibility index (Phi) is 7.33. The molecule has 0 radical (unpaired) electrons. The van der Waals surface area contributed by atoms with E-state index >= 15 is 0 Å². The summed E-state index contributed by atoms with van der Waals surface area (Å²) in [6.07, 6.45) is 4.06. The van der Waals surface area contributed by atoms with Crippen LogP contribution in [0.2, 0.25) is 0 Å². The molecule has 2 N–H and O–H groups in total. The molecular weight excluding hydrogens is 408 g/mol. The highest BCUT2D eigenvalue weighted by Crippen LogP contribution is 2.33. The Bertz CT molecular complexity index is 814. The van der Waals surface area contributed by atoms with E-state index in [2.05, 4.69) is 29.8 Å². The number of sulfonamides is 1. The first-order chi connectivity index (χ1) is 14.3. The predicted molar refractivity (Wildman–Crippen MR) is 113 cm³/mol. The van der Waals surface area contributed by atoms with Crippen molar-refractivity contribution < 1.29 is 23.2 Å². The van der Waals surface area contributed by atoms with Crippen LogP contribution in [-0.4, -0.2) is 73.0 Å². The highest BCUT2D eigenvalue weighted by atomic mass is 32.2. The van der Waals surface area contributed by atoms with Crippen LogP contribution >= 0.6 is 0 Å². The van der Waals surface area contributed by atoms with Gasteiger partial charge in [-0.15, -0.1) is 0 Å². The molecule has 3 rings (SSSR count). The number of carbonyl (C=O) groups is 1. The normalized spacial score (nSPS) is 20.3. The summed E-state index contributed by atoms with van der Waals surface area (Å²) in [7, 11) is -3.95. The number of hydrogen-bond acceptors (Lipinski definition) is 7. The van der Waals surface area contributed by atoms with E-state index in [4.69, 9.17) is 9.94 Å². The molecule has 0 saturated carbocycles. The second kappa shape index (κ2) is 9.59. The van der Waals surface area contributed by atoms with Crippen LogP contribution in [0, 0.1) is 5.92 Å². The van der Waals surface area contributed by atoms with Gasteiger partial charge < -0.3 is 9.64 Å². The van der Waals surface area contributed by atoms with Crippen molar-refractivity contribution in [1.29, 1.82) is 0 Å². The van der Waals surface area contributed by atoms with E-state index in [1.807, 2.05) is 12.3 Å². The lowest BCUT2D eigenvalue weighted by atomic mass is 9.98.